The minimum atomic E-state index is -0.390. The van der Waals surface area contributed by atoms with Crippen LogP contribution in [0.3, 0.4) is 0 Å². The van der Waals surface area contributed by atoms with Crippen LogP contribution >= 0.6 is 0 Å². The molecule has 0 N–H and O–H groups in total. The minimum absolute atomic E-state index is 0.260. The Morgan fingerprint density at radius 3 is 2.37 bits per heavy atom. The van der Waals surface area contributed by atoms with Crippen LogP contribution in [0, 0.1) is 13.8 Å². The van der Waals surface area contributed by atoms with Gasteiger partial charge in [-0.1, -0.05) is 24.1 Å². The van der Waals surface area contributed by atoms with Gasteiger partial charge in [-0.2, -0.15) is 0 Å². The van der Waals surface area contributed by atoms with Gasteiger partial charge in [0.15, 0.2) is 5.78 Å². The number of hydrogen-bond acceptors (Lipinski definition) is 2. The molecule has 1 saturated heterocycles. The third-order valence-corrected chi connectivity index (χ3v) is 4.34. The highest BCUT2D eigenvalue weighted by Gasteiger charge is 2.36. The van der Waals surface area contributed by atoms with Gasteiger partial charge < -0.3 is 0 Å². The Morgan fingerprint density at radius 1 is 1.11 bits per heavy atom. The second-order valence-corrected chi connectivity index (χ2v) is 6.25. The summed E-state index contributed by atoms with van der Waals surface area (Å²) >= 11 is 0. The topological polar surface area (TPSA) is 20.3 Å². The van der Waals surface area contributed by atoms with Crippen molar-refractivity contribution >= 4 is 5.78 Å². The number of piperidine rings is 1. The molecule has 19 heavy (non-hydrogen) atoms. The molecular formula is C17H25NO. The van der Waals surface area contributed by atoms with E-state index in [4.69, 9.17) is 0 Å². The number of rotatable bonds is 3. The third kappa shape index (κ3) is 2.89. The Labute approximate surface area is 116 Å². The molecule has 1 heterocycles. The number of hydrogen-bond donors (Lipinski definition) is 0. The van der Waals surface area contributed by atoms with Crippen molar-refractivity contribution in [2.24, 2.45) is 0 Å². The number of benzene rings is 1. The van der Waals surface area contributed by atoms with Crippen LogP contribution in [0.5, 0.6) is 0 Å². The van der Waals surface area contributed by atoms with Gasteiger partial charge in [-0.3, -0.25) is 9.69 Å². The average molecular weight is 259 g/mol. The van der Waals surface area contributed by atoms with Gasteiger partial charge in [-0.25, -0.2) is 0 Å². The first kappa shape index (κ1) is 14.3. The molecular weight excluding hydrogens is 234 g/mol. The van der Waals surface area contributed by atoms with Gasteiger partial charge in [0.25, 0.3) is 0 Å². The summed E-state index contributed by atoms with van der Waals surface area (Å²) in [5.41, 5.74) is 2.73. The number of Topliss-reactive ketones (excluding diaryl/α,β-unsaturated/α-hetero) is 1. The zero-order valence-electron chi connectivity index (χ0n) is 12.6. The Morgan fingerprint density at radius 2 is 1.74 bits per heavy atom. The first-order valence-corrected chi connectivity index (χ1v) is 7.30. The van der Waals surface area contributed by atoms with Crippen molar-refractivity contribution in [3.05, 3.63) is 34.9 Å². The molecule has 0 spiro atoms. The molecule has 0 radical (unpaired) electrons. The molecule has 0 aliphatic carbocycles. The Bertz CT molecular complexity index is 470. The van der Waals surface area contributed by atoms with E-state index in [1.165, 1.54) is 19.3 Å². The second-order valence-electron chi connectivity index (χ2n) is 6.25. The van der Waals surface area contributed by atoms with E-state index in [0.29, 0.717) is 0 Å². The molecule has 2 rings (SSSR count). The molecule has 0 unspecified atom stereocenters. The van der Waals surface area contributed by atoms with Crippen LogP contribution in [0.1, 0.15) is 54.6 Å². The summed E-state index contributed by atoms with van der Waals surface area (Å²) in [6, 6.07) is 6.15. The van der Waals surface area contributed by atoms with E-state index in [9.17, 15) is 4.79 Å². The van der Waals surface area contributed by atoms with Crippen molar-refractivity contribution in [1.82, 2.24) is 4.90 Å². The van der Waals surface area contributed by atoms with Crippen LogP contribution in [0.2, 0.25) is 0 Å². The summed E-state index contributed by atoms with van der Waals surface area (Å²) in [5.74, 6) is 0.260. The van der Waals surface area contributed by atoms with Gasteiger partial charge in [-0.15, -0.1) is 0 Å². The lowest BCUT2D eigenvalue weighted by molar-refractivity contribution is 0.0578. The lowest BCUT2D eigenvalue weighted by Gasteiger charge is -2.40. The van der Waals surface area contributed by atoms with Crippen molar-refractivity contribution in [3.63, 3.8) is 0 Å². The van der Waals surface area contributed by atoms with E-state index in [2.05, 4.69) is 30.9 Å². The van der Waals surface area contributed by atoms with Crippen molar-refractivity contribution < 1.29 is 4.79 Å². The fourth-order valence-corrected chi connectivity index (χ4v) is 2.91. The quantitative estimate of drug-likeness (QED) is 0.771. The van der Waals surface area contributed by atoms with Crippen molar-refractivity contribution in [3.8, 4) is 0 Å². The SMILES string of the molecule is Cc1ccc(C)c(C(=O)C(C)(C)N2CCCCC2)c1. The molecule has 1 aromatic carbocycles. The van der Waals surface area contributed by atoms with Crippen molar-refractivity contribution in [2.75, 3.05) is 13.1 Å². The van der Waals surface area contributed by atoms with Crippen LogP contribution in [0.15, 0.2) is 18.2 Å². The van der Waals surface area contributed by atoms with Crippen LogP contribution in [0.4, 0.5) is 0 Å². The zero-order chi connectivity index (χ0) is 14.0. The molecule has 0 atom stereocenters. The highest BCUT2D eigenvalue weighted by atomic mass is 16.1. The standard InChI is InChI=1S/C17H25NO/c1-13-8-9-14(2)15(12-13)16(19)17(3,4)18-10-6-5-7-11-18/h8-9,12H,5-7,10-11H2,1-4H3. The van der Waals surface area contributed by atoms with E-state index in [0.717, 1.165) is 29.8 Å². The van der Waals surface area contributed by atoms with Gasteiger partial charge in [0, 0.05) is 5.56 Å². The number of likely N-dealkylation sites (tertiary alicyclic amines) is 1. The van der Waals surface area contributed by atoms with Crippen LogP contribution in [-0.4, -0.2) is 29.3 Å². The zero-order valence-corrected chi connectivity index (χ0v) is 12.6. The molecule has 0 amide bonds. The van der Waals surface area contributed by atoms with Crippen LogP contribution in [-0.2, 0) is 0 Å². The largest absolute Gasteiger partial charge is 0.292 e. The van der Waals surface area contributed by atoms with E-state index < -0.39 is 0 Å². The smallest absolute Gasteiger partial charge is 0.182 e. The van der Waals surface area contributed by atoms with Gasteiger partial charge in [0.2, 0.25) is 0 Å². The Balaban J connectivity index is 2.28. The van der Waals surface area contributed by atoms with Crippen LogP contribution in [0.25, 0.3) is 0 Å². The Kier molecular flexibility index (Phi) is 4.10. The summed E-state index contributed by atoms with van der Waals surface area (Å²) in [5, 5.41) is 0. The maximum atomic E-state index is 12.9. The van der Waals surface area contributed by atoms with Crippen molar-refractivity contribution in [2.45, 2.75) is 52.5 Å². The number of carbonyl (C=O) groups excluding carboxylic acids is 1. The minimum Gasteiger partial charge on any atom is -0.292 e. The number of nitrogens with zero attached hydrogens (tertiary/aromatic N) is 1. The highest BCUT2D eigenvalue weighted by molar-refractivity contribution is 6.03. The lowest BCUT2D eigenvalue weighted by Crippen LogP contribution is -2.52. The van der Waals surface area contributed by atoms with Gasteiger partial charge in [0.1, 0.15) is 0 Å². The summed E-state index contributed by atoms with van der Waals surface area (Å²) in [7, 11) is 0. The maximum Gasteiger partial charge on any atom is 0.182 e. The van der Waals surface area contributed by atoms with E-state index in [-0.39, 0.29) is 11.3 Å². The summed E-state index contributed by atoms with van der Waals surface area (Å²) in [6.07, 6.45) is 3.72. The molecule has 1 aromatic rings. The van der Waals surface area contributed by atoms with Crippen molar-refractivity contribution in [1.29, 1.82) is 0 Å². The fraction of sp³-hybridized carbons (Fsp3) is 0.588. The summed E-state index contributed by atoms with van der Waals surface area (Å²) in [6.45, 7) is 10.3. The molecule has 0 saturated carbocycles. The molecule has 2 heteroatoms. The summed E-state index contributed by atoms with van der Waals surface area (Å²) < 4.78 is 0. The first-order chi connectivity index (χ1) is 8.93. The average Bonchev–Trinajstić information content (AvgIpc) is 2.41. The van der Waals surface area contributed by atoms with Gasteiger partial charge >= 0.3 is 0 Å². The number of ketones is 1. The molecule has 2 nitrogen and oxygen atoms in total. The normalized spacial score (nSPS) is 17.5. The molecule has 1 fully saturated rings. The van der Waals surface area contributed by atoms with E-state index in [1.807, 2.05) is 19.9 Å². The second kappa shape index (κ2) is 5.46. The monoisotopic (exact) mass is 259 g/mol. The van der Waals surface area contributed by atoms with Gasteiger partial charge in [0.05, 0.1) is 5.54 Å². The molecule has 1 aliphatic rings. The Hall–Kier alpha value is -1.15. The maximum absolute atomic E-state index is 12.9. The molecule has 1 aliphatic heterocycles. The number of carbonyl (C=O) groups is 1. The third-order valence-electron chi connectivity index (χ3n) is 4.34. The molecule has 0 bridgehead atoms. The van der Waals surface area contributed by atoms with Crippen LogP contribution < -0.4 is 0 Å². The lowest BCUT2D eigenvalue weighted by atomic mass is 9.87. The summed E-state index contributed by atoms with van der Waals surface area (Å²) in [4.78, 5) is 15.2. The fourth-order valence-electron chi connectivity index (χ4n) is 2.91. The predicted molar refractivity (Wildman–Crippen MR) is 79.7 cm³/mol. The first-order valence-electron chi connectivity index (χ1n) is 7.30. The predicted octanol–water partition coefficient (Wildman–Crippen LogP) is 3.75. The molecule has 104 valence electrons. The van der Waals surface area contributed by atoms with E-state index in [1.54, 1.807) is 0 Å². The van der Waals surface area contributed by atoms with Gasteiger partial charge in [-0.05, 0) is 65.3 Å². The number of aryl methyl sites for hydroxylation is 2. The molecule has 0 aromatic heterocycles. The highest BCUT2D eigenvalue weighted by Crippen LogP contribution is 2.26. The van der Waals surface area contributed by atoms with E-state index >= 15 is 0 Å².